The Morgan fingerprint density at radius 2 is 2.24 bits per heavy atom. The minimum atomic E-state index is -2.23. The van der Waals surface area contributed by atoms with Gasteiger partial charge in [0.05, 0.1) is 17.0 Å². The average Bonchev–Trinajstić information content (AvgIpc) is 2.72. The molecule has 1 aromatic carbocycles. The van der Waals surface area contributed by atoms with Gasteiger partial charge in [0.2, 0.25) is 0 Å². The number of aromatic amines is 1. The van der Waals surface area contributed by atoms with Gasteiger partial charge < -0.3 is 19.0 Å². The predicted octanol–water partition coefficient (Wildman–Crippen LogP) is 1.43. The summed E-state index contributed by atoms with van der Waals surface area (Å²) < 4.78 is 32.1. The summed E-state index contributed by atoms with van der Waals surface area (Å²) in [6, 6.07) is 5.22. The van der Waals surface area contributed by atoms with E-state index in [4.69, 9.17) is 9.47 Å². The van der Waals surface area contributed by atoms with E-state index in [0.717, 1.165) is 5.52 Å². The van der Waals surface area contributed by atoms with Crippen molar-refractivity contribution in [2.45, 2.75) is 4.90 Å². The van der Waals surface area contributed by atoms with Crippen molar-refractivity contribution < 1.29 is 18.2 Å². The quantitative estimate of drug-likeness (QED) is 0.647. The number of fused-ring (bicyclic) bond motifs is 1. The van der Waals surface area contributed by atoms with E-state index in [9.17, 15) is 8.76 Å². The van der Waals surface area contributed by atoms with Gasteiger partial charge in [-0.05, 0) is 23.2 Å². The van der Waals surface area contributed by atoms with Crippen molar-refractivity contribution in [2.24, 2.45) is 0 Å². The van der Waals surface area contributed by atoms with Crippen LogP contribution in [-0.4, -0.2) is 34.1 Å². The molecule has 5 nitrogen and oxygen atoms in total. The molecule has 1 unspecified atom stereocenters. The van der Waals surface area contributed by atoms with Gasteiger partial charge in [-0.2, -0.15) is 0 Å². The highest BCUT2D eigenvalue weighted by atomic mass is 32.2. The third-order valence-electron chi connectivity index (χ3n) is 2.35. The first-order valence-electron chi connectivity index (χ1n) is 5.04. The number of rotatable bonds is 5. The number of hydrogen-bond acceptors (Lipinski definition) is 4. The van der Waals surface area contributed by atoms with Crippen LogP contribution >= 0.6 is 0 Å². The highest BCUT2D eigenvalue weighted by Gasteiger charge is 2.05. The van der Waals surface area contributed by atoms with E-state index in [1.807, 2.05) is 0 Å². The van der Waals surface area contributed by atoms with Gasteiger partial charge in [0.15, 0.2) is 0 Å². The Morgan fingerprint density at radius 3 is 2.94 bits per heavy atom. The topological polar surface area (TPSA) is 74.4 Å². The Hall–Kier alpha value is -1.37. The van der Waals surface area contributed by atoms with Crippen LogP contribution in [0.4, 0.5) is 0 Å². The fraction of sp³-hybridized carbons (Fsp3) is 0.273. The first-order valence-corrected chi connectivity index (χ1v) is 6.12. The molecule has 0 saturated heterocycles. The van der Waals surface area contributed by atoms with Crippen molar-refractivity contribution >= 4 is 22.0 Å². The summed E-state index contributed by atoms with van der Waals surface area (Å²) in [5, 5.41) is 0.664. The van der Waals surface area contributed by atoms with E-state index >= 15 is 0 Å². The largest absolute Gasteiger partial charge is 0.768 e. The number of ether oxygens (including phenoxy) is 2. The molecular formula is C11H12NO4S-. The minimum Gasteiger partial charge on any atom is -0.768 e. The maximum absolute atomic E-state index is 10.9. The predicted molar refractivity (Wildman–Crippen MR) is 62.9 cm³/mol. The summed E-state index contributed by atoms with van der Waals surface area (Å²) in [7, 11) is 1.60. The maximum Gasteiger partial charge on any atom is 0.121 e. The van der Waals surface area contributed by atoms with Crippen molar-refractivity contribution in [1.82, 2.24) is 4.98 Å². The van der Waals surface area contributed by atoms with E-state index in [0.29, 0.717) is 24.3 Å². The summed E-state index contributed by atoms with van der Waals surface area (Å²) >= 11 is -2.23. The summed E-state index contributed by atoms with van der Waals surface area (Å²) in [4.78, 5) is 3.16. The van der Waals surface area contributed by atoms with Crippen LogP contribution in [0.1, 0.15) is 0 Å². The molecule has 0 aliphatic rings. The minimum absolute atomic E-state index is 0.267. The molecule has 0 aliphatic carbocycles. The molecule has 2 aromatic rings. The lowest BCUT2D eigenvalue weighted by Crippen LogP contribution is -2.03. The van der Waals surface area contributed by atoms with Crippen LogP contribution in [0, 0.1) is 0 Å². The van der Waals surface area contributed by atoms with E-state index < -0.39 is 11.1 Å². The Labute approximate surface area is 101 Å². The van der Waals surface area contributed by atoms with Gasteiger partial charge in [0.25, 0.3) is 0 Å². The van der Waals surface area contributed by atoms with Crippen LogP contribution in [-0.2, 0) is 15.8 Å². The summed E-state index contributed by atoms with van der Waals surface area (Å²) in [6.45, 7) is 0.974. The number of H-pyrrole nitrogens is 1. The molecule has 1 aromatic heterocycles. The molecule has 0 amide bonds. The zero-order valence-electron chi connectivity index (χ0n) is 9.26. The van der Waals surface area contributed by atoms with Gasteiger partial charge in [-0.15, -0.1) is 0 Å². The van der Waals surface area contributed by atoms with Gasteiger partial charge in [-0.1, -0.05) is 0 Å². The molecule has 0 aliphatic heterocycles. The summed E-state index contributed by atoms with van der Waals surface area (Å²) in [5.74, 6) is 0.680. The Bertz CT molecular complexity index is 537. The van der Waals surface area contributed by atoms with Crippen molar-refractivity contribution in [3.8, 4) is 5.75 Å². The Balaban J connectivity index is 2.23. The molecule has 0 saturated carbocycles. The molecule has 0 bridgehead atoms. The number of benzene rings is 1. The van der Waals surface area contributed by atoms with Gasteiger partial charge in [0.1, 0.15) is 12.4 Å². The average molecular weight is 254 g/mol. The Kier molecular flexibility index (Phi) is 3.78. The molecule has 1 N–H and O–H groups in total. The molecule has 0 fully saturated rings. The van der Waals surface area contributed by atoms with Gasteiger partial charge in [0, 0.05) is 24.8 Å². The molecule has 6 heteroatoms. The molecule has 17 heavy (non-hydrogen) atoms. The molecular weight excluding hydrogens is 242 g/mol. The van der Waals surface area contributed by atoms with E-state index in [2.05, 4.69) is 4.98 Å². The monoisotopic (exact) mass is 254 g/mol. The lowest BCUT2D eigenvalue weighted by molar-refractivity contribution is 0.146. The van der Waals surface area contributed by atoms with Crippen LogP contribution in [0.2, 0.25) is 0 Å². The molecule has 92 valence electrons. The third-order valence-corrected chi connectivity index (χ3v) is 3.05. The molecule has 1 heterocycles. The van der Waals surface area contributed by atoms with Crippen LogP contribution in [0.5, 0.6) is 5.75 Å². The first kappa shape index (κ1) is 12.1. The lowest BCUT2D eigenvalue weighted by Gasteiger charge is -2.06. The number of aromatic nitrogens is 1. The van der Waals surface area contributed by atoms with E-state index in [1.165, 1.54) is 6.20 Å². The second kappa shape index (κ2) is 5.31. The van der Waals surface area contributed by atoms with Crippen LogP contribution in [0.3, 0.4) is 0 Å². The second-order valence-electron chi connectivity index (χ2n) is 3.44. The van der Waals surface area contributed by atoms with E-state index in [-0.39, 0.29) is 4.90 Å². The standard InChI is InChI=1S/C11H13NO4S/c1-15-4-5-16-8-2-3-9-10(6-8)12-7-11(9)17(13)14/h2-3,6-7,12H,4-5H2,1H3,(H,13,14)/p-1. The Morgan fingerprint density at radius 1 is 1.41 bits per heavy atom. The van der Waals surface area contributed by atoms with Crippen molar-refractivity contribution in [3.05, 3.63) is 24.4 Å². The zero-order chi connectivity index (χ0) is 12.3. The SMILES string of the molecule is COCCOc1ccc2c(S(=O)[O-])c[nH]c2c1. The fourth-order valence-electron chi connectivity index (χ4n) is 1.55. The molecule has 2 rings (SSSR count). The normalized spacial score (nSPS) is 12.8. The second-order valence-corrected chi connectivity index (χ2v) is 4.35. The lowest BCUT2D eigenvalue weighted by atomic mass is 10.2. The molecule has 0 radical (unpaired) electrons. The van der Waals surface area contributed by atoms with E-state index in [1.54, 1.807) is 25.3 Å². The summed E-state index contributed by atoms with van der Waals surface area (Å²) in [5.41, 5.74) is 0.735. The third kappa shape index (κ3) is 2.66. The maximum atomic E-state index is 10.9. The number of methoxy groups -OCH3 is 1. The highest BCUT2D eigenvalue weighted by Crippen LogP contribution is 2.24. The van der Waals surface area contributed by atoms with Crippen LogP contribution < -0.4 is 4.74 Å². The smallest absolute Gasteiger partial charge is 0.121 e. The van der Waals surface area contributed by atoms with Crippen molar-refractivity contribution in [3.63, 3.8) is 0 Å². The van der Waals surface area contributed by atoms with Gasteiger partial charge in [-0.25, -0.2) is 0 Å². The zero-order valence-corrected chi connectivity index (χ0v) is 10.1. The molecule has 0 spiro atoms. The number of nitrogens with one attached hydrogen (secondary N) is 1. The fourth-order valence-corrected chi connectivity index (χ4v) is 2.06. The first-order chi connectivity index (χ1) is 8.22. The highest BCUT2D eigenvalue weighted by molar-refractivity contribution is 7.79. The van der Waals surface area contributed by atoms with Crippen LogP contribution in [0.15, 0.2) is 29.3 Å². The van der Waals surface area contributed by atoms with Crippen molar-refractivity contribution in [2.75, 3.05) is 20.3 Å². The van der Waals surface area contributed by atoms with Crippen molar-refractivity contribution in [1.29, 1.82) is 0 Å². The van der Waals surface area contributed by atoms with Gasteiger partial charge >= 0.3 is 0 Å². The molecule has 1 atom stereocenters. The number of hydrogen-bond donors (Lipinski definition) is 1. The summed E-state index contributed by atoms with van der Waals surface area (Å²) in [6.07, 6.45) is 1.46. The van der Waals surface area contributed by atoms with Gasteiger partial charge in [-0.3, -0.25) is 4.21 Å². The van der Waals surface area contributed by atoms with Crippen LogP contribution in [0.25, 0.3) is 10.9 Å².